The number of halogens is 3. The highest BCUT2D eigenvalue weighted by atomic mass is 35.5. The van der Waals surface area contributed by atoms with Gasteiger partial charge in [0.2, 0.25) is 5.95 Å². The van der Waals surface area contributed by atoms with E-state index in [0.29, 0.717) is 40.7 Å². The molecule has 4 aromatic rings. The van der Waals surface area contributed by atoms with Gasteiger partial charge in [0.25, 0.3) is 5.91 Å². The highest BCUT2D eigenvalue weighted by molar-refractivity contribution is 6.06. The summed E-state index contributed by atoms with van der Waals surface area (Å²) in [5, 5.41) is 0.516. The van der Waals surface area contributed by atoms with E-state index in [1.165, 1.54) is 12.1 Å². The van der Waals surface area contributed by atoms with Crippen LogP contribution in [0.5, 0.6) is 0 Å². The maximum atomic E-state index is 14.3. The molecule has 11 heteroatoms. The number of hydroxylamine groups is 1. The molecule has 204 valence electrons. The second-order valence-electron chi connectivity index (χ2n) is 9.29. The van der Waals surface area contributed by atoms with Crippen molar-refractivity contribution in [2.75, 3.05) is 5.73 Å². The van der Waals surface area contributed by atoms with Gasteiger partial charge < -0.3 is 15.5 Å². The highest BCUT2D eigenvalue weighted by Gasteiger charge is 2.27. The Labute approximate surface area is 237 Å². The van der Waals surface area contributed by atoms with E-state index in [1.54, 1.807) is 43.0 Å². The van der Waals surface area contributed by atoms with Gasteiger partial charge in [0, 0.05) is 18.5 Å². The van der Waals surface area contributed by atoms with Crippen LogP contribution in [-0.4, -0.2) is 26.7 Å². The quantitative estimate of drug-likeness (QED) is 0.305. The van der Waals surface area contributed by atoms with Gasteiger partial charge in [-0.15, -0.1) is 30.3 Å². The molecule has 2 heterocycles. The molecule has 0 fully saturated rings. The molecule has 39 heavy (non-hydrogen) atoms. The van der Waals surface area contributed by atoms with Crippen molar-refractivity contribution < 1.29 is 18.8 Å². The number of aromatic nitrogens is 2. The Kier molecular flexibility index (Phi) is 9.45. The summed E-state index contributed by atoms with van der Waals surface area (Å²) in [6, 6.07) is 17.6. The van der Waals surface area contributed by atoms with Crippen LogP contribution in [0.4, 0.5) is 10.3 Å². The molecular formula is C28H28Cl2FN5O3. The summed E-state index contributed by atoms with van der Waals surface area (Å²) in [4.78, 5) is 40.8. The largest absolute Gasteiger partial charge is 0.370 e. The third kappa shape index (κ3) is 6.27. The lowest BCUT2D eigenvalue weighted by Crippen LogP contribution is -2.27. The van der Waals surface area contributed by atoms with Crippen molar-refractivity contribution in [3.05, 3.63) is 88.9 Å². The lowest BCUT2D eigenvalue weighted by molar-refractivity contribution is -0.155. The van der Waals surface area contributed by atoms with E-state index < -0.39 is 11.8 Å². The van der Waals surface area contributed by atoms with Crippen molar-refractivity contribution in [2.45, 2.75) is 33.5 Å². The van der Waals surface area contributed by atoms with Gasteiger partial charge >= 0.3 is 5.97 Å². The molecule has 0 saturated carbocycles. The Morgan fingerprint density at radius 2 is 1.72 bits per heavy atom. The molecule has 1 amide bonds. The summed E-state index contributed by atoms with van der Waals surface area (Å²) < 4.78 is 14.3. The van der Waals surface area contributed by atoms with Gasteiger partial charge in [-0.1, -0.05) is 50.2 Å². The zero-order valence-electron chi connectivity index (χ0n) is 21.3. The van der Waals surface area contributed by atoms with E-state index in [9.17, 15) is 14.0 Å². The van der Waals surface area contributed by atoms with Crippen molar-refractivity contribution >= 4 is 53.5 Å². The second-order valence-corrected chi connectivity index (χ2v) is 9.29. The molecule has 1 aliphatic rings. The fourth-order valence-corrected chi connectivity index (χ4v) is 4.38. The molecule has 5 rings (SSSR count). The minimum absolute atomic E-state index is 0. The number of fused-ring (bicyclic) bond motifs is 2. The van der Waals surface area contributed by atoms with Crippen LogP contribution in [0, 0.1) is 11.7 Å². The zero-order valence-corrected chi connectivity index (χ0v) is 22.9. The van der Waals surface area contributed by atoms with E-state index in [0.717, 1.165) is 11.1 Å². The molecule has 0 saturated heterocycles. The molecule has 8 nitrogen and oxygen atoms in total. The smallest absolute Gasteiger partial charge is 0.327 e. The summed E-state index contributed by atoms with van der Waals surface area (Å²) in [6.07, 6.45) is 0. The van der Waals surface area contributed by atoms with Crippen molar-refractivity contribution in [1.29, 1.82) is 0 Å². The number of nitrogens with zero attached hydrogens (tertiary/aromatic N) is 3. The Morgan fingerprint density at radius 3 is 2.38 bits per heavy atom. The first kappa shape index (κ1) is 29.8. The Hall–Kier alpha value is -3.79. The normalized spacial score (nSPS) is 12.1. The number of nitrogen functional groups attached to an aromatic ring is 1. The standard InChI is InChI=1S/C28H26FN5O3.2ClH/c1-16(2)27(36)37-31-13-18-7-9-21(29)12-22(18)17-8-10-24-23(11-17)25(33-28(30)32-24)26(35)34-14-19-5-3-4-6-20(19)15-34;;/h3-12,16,31H,13-15H2,1-2H3,(H2,30,32,33);2*1H. The van der Waals surface area contributed by atoms with Crippen LogP contribution in [0.15, 0.2) is 60.7 Å². The lowest BCUT2D eigenvalue weighted by atomic mass is 9.97. The number of carbonyl (C=O) groups is 2. The fourth-order valence-electron chi connectivity index (χ4n) is 4.38. The van der Waals surface area contributed by atoms with Gasteiger partial charge in [0.1, 0.15) is 11.5 Å². The van der Waals surface area contributed by atoms with Gasteiger partial charge in [0.15, 0.2) is 0 Å². The minimum Gasteiger partial charge on any atom is -0.370 e. The number of anilines is 1. The molecule has 0 bridgehead atoms. The maximum absolute atomic E-state index is 14.3. The number of carbonyl (C=O) groups excluding carboxylic acids is 2. The van der Waals surface area contributed by atoms with Crippen LogP contribution < -0.4 is 11.2 Å². The molecule has 0 atom stereocenters. The second kappa shape index (κ2) is 12.4. The molecule has 0 unspecified atom stereocenters. The summed E-state index contributed by atoms with van der Waals surface area (Å²) in [6.45, 7) is 4.60. The molecule has 0 aliphatic carbocycles. The Balaban J connectivity index is 0.00000210. The first-order valence-electron chi connectivity index (χ1n) is 12.0. The predicted octanol–water partition coefficient (Wildman–Crippen LogP) is 5.22. The van der Waals surface area contributed by atoms with E-state index in [4.69, 9.17) is 10.6 Å². The number of nitrogens with two attached hydrogens (primary N) is 1. The summed E-state index contributed by atoms with van der Waals surface area (Å²) in [7, 11) is 0. The summed E-state index contributed by atoms with van der Waals surface area (Å²) in [5.74, 6) is -1.35. The van der Waals surface area contributed by atoms with Crippen LogP contribution >= 0.6 is 24.8 Å². The zero-order chi connectivity index (χ0) is 26.1. The van der Waals surface area contributed by atoms with Crippen LogP contribution in [0.25, 0.3) is 22.0 Å². The maximum Gasteiger partial charge on any atom is 0.327 e. The van der Waals surface area contributed by atoms with Crippen LogP contribution in [0.2, 0.25) is 0 Å². The van der Waals surface area contributed by atoms with E-state index >= 15 is 0 Å². The molecule has 1 aromatic heterocycles. The third-order valence-corrected chi connectivity index (χ3v) is 6.33. The van der Waals surface area contributed by atoms with Crippen molar-refractivity contribution in [3.8, 4) is 11.1 Å². The first-order chi connectivity index (χ1) is 17.8. The number of hydrogen-bond donors (Lipinski definition) is 2. The molecular weight excluding hydrogens is 544 g/mol. The van der Waals surface area contributed by atoms with Crippen LogP contribution in [-0.2, 0) is 29.3 Å². The first-order valence-corrected chi connectivity index (χ1v) is 12.0. The third-order valence-electron chi connectivity index (χ3n) is 6.33. The van der Waals surface area contributed by atoms with Crippen molar-refractivity contribution in [2.24, 2.45) is 5.92 Å². The predicted molar refractivity (Wildman–Crippen MR) is 152 cm³/mol. The van der Waals surface area contributed by atoms with Crippen molar-refractivity contribution in [1.82, 2.24) is 20.3 Å². The molecule has 1 aliphatic heterocycles. The number of hydrogen-bond acceptors (Lipinski definition) is 7. The van der Waals surface area contributed by atoms with Gasteiger partial charge in [-0.2, -0.15) is 0 Å². The Bertz CT molecular complexity index is 1510. The number of nitrogens with one attached hydrogen (secondary N) is 1. The van der Waals surface area contributed by atoms with E-state index in [-0.39, 0.29) is 54.8 Å². The molecule has 3 N–H and O–H groups in total. The van der Waals surface area contributed by atoms with Gasteiger partial charge in [-0.05, 0) is 52.1 Å². The van der Waals surface area contributed by atoms with E-state index in [2.05, 4.69) is 15.4 Å². The van der Waals surface area contributed by atoms with Gasteiger partial charge in [0.05, 0.1) is 18.0 Å². The van der Waals surface area contributed by atoms with Gasteiger partial charge in [-0.25, -0.2) is 14.4 Å². The average molecular weight is 572 g/mol. The SMILES string of the molecule is CC(C)C(=O)ONCc1ccc(F)cc1-c1ccc2nc(N)nc(C(=O)N3Cc4ccccc4C3)c2c1.Cl.Cl. The van der Waals surface area contributed by atoms with Crippen molar-refractivity contribution in [3.63, 3.8) is 0 Å². The van der Waals surface area contributed by atoms with Crippen LogP contribution in [0.1, 0.15) is 41.0 Å². The van der Waals surface area contributed by atoms with E-state index in [1.807, 2.05) is 24.3 Å². The lowest BCUT2D eigenvalue weighted by Gasteiger charge is -2.17. The monoisotopic (exact) mass is 571 g/mol. The van der Waals surface area contributed by atoms with Crippen LogP contribution in [0.3, 0.4) is 0 Å². The molecule has 0 radical (unpaired) electrons. The van der Waals surface area contributed by atoms with Gasteiger partial charge in [-0.3, -0.25) is 9.59 Å². The number of benzene rings is 3. The number of amides is 1. The number of rotatable bonds is 6. The molecule has 3 aromatic carbocycles. The average Bonchev–Trinajstić information content (AvgIpc) is 3.32. The molecule has 0 spiro atoms. The summed E-state index contributed by atoms with van der Waals surface area (Å²) in [5.41, 5.74) is 13.4. The topological polar surface area (TPSA) is 110 Å². The Morgan fingerprint density at radius 1 is 1.03 bits per heavy atom. The summed E-state index contributed by atoms with van der Waals surface area (Å²) >= 11 is 0. The highest BCUT2D eigenvalue weighted by Crippen LogP contribution is 2.31. The minimum atomic E-state index is -0.419. The fraction of sp³-hybridized carbons (Fsp3) is 0.214.